The Balaban J connectivity index is 1.76. The minimum Gasteiger partial charge on any atom is -0.508 e. The average molecular weight is 269 g/mol. The molecule has 0 saturated heterocycles. The highest BCUT2D eigenvalue weighted by Gasteiger charge is 2.03. The van der Waals surface area contributed by atoms with Crippen LogP contribution in [0.1, 0.15) is 5.69 Å². The molecule has 3 aromatic rings. The molecule has 4 heteroatoms. The first-order chi connectivity index (χ1) is 9.74. The van der Waals surface area contributed by atoms with E-state index >= 15 is 0 Å². The van der Waals surface area contributed by atoms with Crippen molar-refractivity contribution in [3.63, 3.8) is 0 Å². The van der Waals surface area contributed by atoms with Gasteiger partial charge in [-0.25, -0.2) is 0 Å². The number of aromatic hydroxyl groups is 1. The van der Waals surface area contributed by atoms with E-state index in [1.54, 1.807) is 19.2 Å². The van der Waals surface area contributed by atoms with E-state index in [1.165, 1.54) is 0 Å². The van der Waals surface area contributed by atoms with Crippen molar-refractivity contribution in [1.29, 1.82) is 0 Å². The molecule has 0 aliphatic heterocycles. The van der Waals surface area contributed by atoms with E-state index in [2.05, 4.69) is 4.98 Å². The number of rotatable bonds is 4. The number of H-pyrrole nitrogens is 1. The van der Waals surface area contributed by atoms with Gasteiger partial charge in [0.1, 0.15) is 23.9 Å². The molecule has 1 heterocycles. The van der Waals surface area contributed by atoms with Crippen molar-refractivity contribution in [3.8, 4) is 17.2 Å². The van der Waals surface area contributed by atoms with Crippen LogP contribution in [0.2, 0.25) is 0 Å². The summed E-state index contributed by atoms with van der Waals surface area (Å²) in [5, 5.41) is 10.5. The van der Waals surface area contributed by atoms with Gasteiger partial charge in [-0.05, 0) is 30.3 Å². The van der Waals surface area contributed by atoms with Crippen molar-refractivity contribution in [3.05, 3.63) is 54.2 Å². The Bertz CT molecular complexity index is 733. The fourth-order valence-corrected chi connectivity index (χ4v) is 2.10. The number of fused-ring (bicyclic) bond motifs is 1. The molecule has 0 saturated carbocycles. The lowest BCUT2D eigenvalue weighted by Crippen LogP contribution is -1.95. The van der Waals surface area contributed by atoms with Gasteiger partial charge in [0.15, 0.2) is 0 Å². The zero-order chi connectivity index (χ0) is 13.9. The quantitative estimate of drug-likeness (QED) is 0.762. The molecule has 0 bridgehead atoms. The monoisotopic (exact) mass is 269 g/mol. The zero-order valence-electron chi connectivity index (χ0n) is 11.1. The van der Waals surface area contributed by atoms with Gasteiger partial charge in [0, 0.05) is 23.0 Å². The molecule has 0 fully saturated rings. The average Bonchev–Trinajstić information content (AvgIpc) is 2.87. The lowest BCUT2D eigenvalue weighted by molar-refractivity contribution is 0.300. The standard InChI is InChI=1S/C16H15NO3/c1-19-14-3-2-4-15(9-14)20-10-12-7-11-5-6-13(18)8-16(11)17-12/h2-9,17-18H,10H2,1H3. The summed E-state index contributed by atoms with van der Waals surface area (Å²) in [4.78, 5) is 3.22. The number of hydrogen-bond donors (Lipinski definition) is 2. The molecular weight excluding hydrogens is 254 g/mol. The number of benzene rings is 2. The third kappa shape index (κ3) is 2.54. The minimum atomic E-state index is 0.250. The second kappa shape index (κ2) is 5.17. The number of methoxy groups -OCH3 is 1. The van der Waals surface area contributed by atoms with Crippen molar-refractivity contribution >= 4 is 10.9 Å². The van der Waals surface area contributed by atoms with Crippen molar-refractivity contribution in [2.75, 3.05) is 7.11 Å². The zero-order valence-corrected chi connectivity index (χ0v) is 11.1. The van der Waals surface area contributed by atoms with Gasteiger partial charge in [0.05, 0.1) is 12.8 Å². The number of aromatic amines is 1. The Morgan fingerprint density at radius 1 is 1.05 bits per heavy atom. The summed E-state index contributed by atoms with van der Waals surface area (Å²) in [6.07, 6.45) is 0. The van der Waals surface area contributed by atoms with Gasteiger partial charge < -0.3 is 19.6 Å². The number of phenolic OH excluding ortho intramolecular Hbond substituents is 1. The molecule has 0 aliphatic rings. The van der Waals surface area contributed by atoms with Gasteiger partial charge in [0.25, 0.3) is 0 Å². The number of phenols is 1. The van der Waals surface area contributed by atoms with E-state index < -0.39 is 0 Å². The van der Waals surface area contributed by atoms with Gasteiger partial charge in [-0.2, -0.15) is 0 Å². The summed E-state index contributed by atoms with van der Waals surface area (Å²) in [5.74, 6) is 1.77. The Kier molecular flexibility index (Phi) is 3.21. The predicted molar refractivity (Wildman–Crippen MR) is 77.3 cm³/mol. The Morgan fingerprint density at radius 3 is 2.75 bits per heavy atom. The second-order valence-electron chi connectivity index (χ2n) is 4.53. The van der Waals surface area contributed by atoms with Gasteiger partial charge >= 0.3 is 0 Å². The lowest BCUT2D eigenvalue weighted by atomic mass is 10.2. The lowest BCUT2D eigenvalue weighted by Gasteiger charge is -2.06. The topological polar surface area (TPSA) is 54.5 Å². The Labute approximate surface area is 116 Å². The fourth-order valence-electron chi connectivity index (χ4n) is 2.10. The van der Waals surface area contributed by atoms with E-state index in [0.717, 1.165) is 28.1 Å². The first-order valence-corrected chi connectivity index (χ1v) is 6.32. The van der Waals surface area contributed by atoms with Crippen molar-refractivity contribution < 1.29 is 14.6 Å². The van der Waals surface area contributed by atoms with E-state index in [1.807, 2.05) is 36.4 Å². The maximum Gasteiger partial charge on any atom is 0.128 e. The predicted octanol–water partition coefficient (Wildman–Crippen LogP) is 3.46. The van der Waals surface area contributed by atoms with Crippen LogP contribution in [0, 0.1) is 0 Å². The van der Waals surface area contributed by atoms with Crippen molar-refractivity contribution in [2.24, 2.45) is 0 Å². The van der Waals surface area contributed by atoms with Crippen LogP contribution < -0.4 is 9.47 Å². The Hall–Kier alpha value is -2.62. The summed E-state index contributed by atoms with van der Waals surface area (Å²) in [6.45, 7) is 0.433. The molecule has 0 atom stereocenters. The third-order valence-electron chi connectivity index (χ3n) is 3.10. The van der Waals surface area contributed by atoms with Crippen molar-refractivity contribution in [1.82, 2.24) is 4.98 Å². The molecule has 0 spiro atoms. The summed E-state index contributed by atoms with van der Waals surface area (Å²) in [6, 6.07) is 14.7. The summed E-state index contributed by atoms with van der Waals surface area (Å²) >= 11 is 0. The molecule has 0 unspecified atom stereocenters. The highest BCUT2D eigenvalue weighted by molar-refractivity contribution is 5.81. The van der Waals surface area contributed by atoms with Crippen LogP contribution in [0.5, 0.6) is 17.2 Å². The molecule has 102 valence electrons. The summed E-state index contributed by atoms with van der Waals surface area (Å²) in [5.41, 5.74) is 1.85. The highest BCUT2D eigenvalue weighted by atomic mass is 16.5. The SMILES string of the molecule is COc1cccc(OCc2cc3ccc(O)cc3[nH]2)c1. The van der Waals surface area contributed by atoms with Crippen LogP contribution in [-0.4, -0.2) is 17.2 Å². The molecule has 1 aromatic heterocycles. The Morgan fingerprint density at radius 2 is 1.90 bits per heavy atom. The molecule has 0 aliphatic carbocycles. The number of hydrogen-bond acceptors (Lipinski definition) is 3. The van der Waals surface area contributed by atoms with E-state index in [4.69, 9.17) is 9.47 Å². The first kappa shape index (κ1) is 12.4. The molecule has 4 nitrogen and oxygen atoms in total. The minimum absolute atomic E-state index is 0.250. The summed E-state index contributed by atoms with van der Waals surface area (Å²) < 4.78 is 10.9. The molecule has 3 rings (SSSR count). The second-order valence-corrected chi connectivity index (χ2v) is 4.53. The fraction of sp³-hybridized carbons (Fsp3) is 0.125. The number of aromatic nitrogens is 1. The van der Waals surface area contributed by atoms with E-state index in [9.17, 15) is 5.11 Å². The molecular formula is C16H15NO3. The van der Waals surface area contributed by atoms with Crippen LogP contribution in [-0.2, 0) is 6.61 Å². The van der Waals surface area contributed by atoms with Crippen LogP contribution in [0.3, 0.4) is 0 Å². The molecule has 2 aromatic carbocycles. The smallest absolute Gasteiger partial charge is 0.128 e. The molecule has 0 radical (unpaired) electrons. The van der Waals surface area contributed by atoms with Gasteiger partial charge in [0.2, 0.25) is 0 Å². The summed E-state index contributed by atoms with van der Waals surface area (Å²) in [7, 11) is 1.63. The van der Waals surface area contributed by atoms with Crippen molar-refractivity contribution in [2.45, 2.75) is 6.61 Å². The third-order valence-corrected chi connectivity index (χ3v) is 3.10. The van der Waals surface area contributed by atoms with E-state index in [-0.39, 0.29) is 5.75 Å². The molecule has 20 heavy (non-hydrogen) atoms. The first-order valence-electron chi connectivity index (χ1n) is 6.32. The highest BCUT2D eigenvalue weighted by Crippen LogP contribution is 2.23. The maximum atomic E-state index is 9.44. The molecule has 0 amide bonds. The van der Waals surface area contributed by atoms with Gasteiger partial charge in [-0.1, -0.05) is 6.07 Å². The van der Waals surface area contributed by atoms with Crippen LogP contribution in [0.15, 0.2) is 48.5 Å². The molecule has 2 N–H and O–H groups in total. The van der Waals surface area contributed by atoms with Gasteiger partial charge in [-0.15, -0.1) is 0 Å². The van der Waals surface area contributed by atoms with Crippen LogP contribution in [0.4, 0.5) is 0 Å². The largest absolute Gasteiger partial charge is 0.508 e. The van der Waals surface area contributed by atoms with Crippen LogP contribution in [0.25, 0.3) is 10.9 Å². The normalized spacial score (nSPS) is 10.7. The van der Waals surface area contributed by atoms with E-state index in [0.29, 0.717) is 6.61 Å². The number of ether oxygens (including phenoxy) is 2. The maximum absolute atomic E-state index is 9.44. The number of nitrogens with one attached hydrogen (secondary N) is 1. The van der Waals surface area contributed by atoms with Crippen LogP contribution >= 0.6 is 0 Å². The van der Waals surface area contributed by atoms with Gasteiger partial charge in [-0.3, -0.25) is 0 Å².